The number of fused-ring (bicyclic) bond motifs is 1. The van der Waals surface area contributed by atoms with Crippen LogP contribution in [0.2, 0.25) is 15.1 Å². The number of rotatable bonds is 6. The number of benzene rings is 4. The van der Waals surface area contributed by atoms with Crippen LogP contribution in [-0.2, 0) is 0 Å². The molecule has 0 aliphatic carbocycles. The van der Waals surface area contributed by atoms with Crippen LogP contribution >= 0.6 is 57.9 Å². The maximum atomic E-state index is 6.26. The van der Waals surface area contributed by atoms with Crippen LogP contribution in [0.15, 0.2) is 100 Å². The normalized spacial score (nSPS) is 12.4. The van der Waals surface area contributed by atoms with Gasteiger partial charge in [0.1, 0.15) is 0 Å². The number of nitrogens with zero attached hydrogens (tertiary/aromatic N) is 2. The molecule has 0 saturated heterocycles. The van der Waals surface area contributed by atoms with E-state index in [2.05, 4.69) is 41.4 Å². The Bertz CT molecular complexity index is 1440. The first-order valence-electron chi connectivity index (χ1n) is 10.4. The molecule has 0 bridgehead atoms. The predicted octanol–water partition coefficient (Wildman–Crippen LogP) is 9.89. The van der Waals surface area contributed by atoms with Gasteiger partial charge in [0.05, 0.1) is 31.2 Å². The quantitative estimate of drug-likeness (QED) is 0.158. The zero-order valence-corrected chi connectivity index (χ0v) is 21.6. The highest BCUT2D eigenvalue weighted by Gasteiger charge is 2.18. The third-order valence-electron chi connectivity index (χ3n) is 5.19. The highest BCUT2D eigenvalue weighted by molar-refractivity contribution is 8.01. The van der Waals surface area contributed by atoms with Crippen LogP contribution in [-0.4, -0.2) is 11.2 Å². The summed E-state index contributed by atoms with van der Waals surface area (Å²) in [5.41, 5.74) is 4.88. The van der Waals surface area contributed by atoms with E-state index < -0.39 is 0 Å². The van der Waals surface area contributed by atoms with E-state index in [1.54, 1.807) is 41.4 Å². The zero-order chi connectivity index (χ0) is 23.5. The number of thioether (sulfide) groups is 1. The molecule has 2 nitrogen and oxygen atoms in total. The third-order valence-corrected chi connectivity index (χ3v) is 8.52. The summed E-state index contributed by atoms with van der Waals surface area (Å²) in [6.07, 6.45) is 1.70. The van der Waals surface area contributed by atoms with Crippen LogP contribution in [0.3, 0.4) is 0 Å². The van der Waals surface area contributed by atoms with Gasteiger partial charge in [-0.05, 0) is 53.6 Å². The first-order chi connectivity index (χ1) is 16.6. The van der Waals surface area contributed by atoms with Gasteiger partial charge in [-0.2, -0.15) is 0 Å². The first-order valence-corrected chi connectivity index (χ1v) is 13.3. The van der Waals surface area contributed by atoms with Crippen molar-refractivity contribution < 1.29 is 0 Å². The maximum Gasteiger partial charge on any atom is 0.152 e. The van der Waals surface area contributed by atoms with Crippen molar-refractivity contribution >= 4 is 80.0 Å². The Morgan fingerprint density at radius 1 is 0.794 bits per heavy atom. The van der Waals surface area contributed by atoms with Gasteiger partial charge in [-0.25, -0.2) is 4.98 Å². The van der Waals surface area contributed by atoms with Crippen LogP contribution < -0.4 is 0 Å². The molecule has 7 heteroatoms. The van der Waals surface area contributed by atoms with E-state index in [0.29, 0.717) is 15.6 Å². The van der Waals surface area contributed by atoms with E-state index in [0.717, 1.165) is 25.3 Å². The molecule has 0 radical (unpaired) electrons. The summed E-state index contributed by atoms with van der Waals surface area (Å²) in [6, 6.07) is 29.9. The fourth-order valence-electron chi connectivity index (χ4n) is 3.49. The van der Waals surface area contributed by atoms with Gasteiger partial charge >= 0.3 is 0 Å². The second-order valence-electron chi connectivity index (χ2n) is 7.49. The Kier molecular flexibility index (Phi) is 7.23. The van der Waals surface area contributed by atoms with Crippen LogP contribution in [0.5, 0.6) is 0 Å². The number of thiazole rings is 1. The zero-order valence-electron chi connectivity index (χ0n) is 17.7. The summed E-state index contributed by atoms with van der Waals surface area (Å²) < 4.78 is 2.07. The second-order valence-corrected chi connectivity index (χ2v) is 11.1. The van der Waals surface area contributed by atoms with Crippen LogP contribution in [0.25, 0.3) is 10.2 Å². The van der Waals surface area contributed by atoms with Crippen LogP contribution in [0.1, 0.15) is 21.9 Å². The average molecular weight is 540 g/mol. The van der Waals surface area contributed by atoms with E-state index in [4.69, 9.17) is 39.8 Å². The SMILES string of the molecule is Clc1ccc([C@@H](Sc2nc3ccc(N=Cc4c(Cl)cccc4Cl)cc3s2)c2ccccc2)cc1. The highest BCUT2D eigenvalue weighted by Crippen LogP contribution is 2.43. The summed E-state index contributed by atoms with van der Waals surface area (Å²) in [5, 5.41) is 1.98. The van der Waals surface area contributed by atoms with Crippen molar-refractivity contribution in [3.63, 3.8) is 0 Å². The minimum Gasteiger partial charge on any atom is -0.256 e. The van der Waals surface area contributed by atoms with Crippen molar-refractivity contribution in [2.75, 3.05) is 0 Å². The number of halogens is 3. The van der Waals surface area contributed by atoms with Crippen molar-refractivity contribution in [3.05, 3.63) is 123 Å². The minimum atomic E-state index is 0.110. The molecule has 0 fully saturated rings. The molecule has 4 aromatic carbocycles. The molecule has 5 aromatic rings. The summed E-state index contributed by atoms with van der Waals surface area (Å²) in [4.78, 5) is 9.46. The lowest BCUT2D eigenvalue weighted by Gasteiger charge is -2.16. The molecule has 34 heavy (non-hydrogen) atoms. The maximum absolute atomic E-state index is 6.26. The minimum absolute atomic E-state index is 0.110. The van der Waals surface area contributed by atoms with Gasteiger partial charge < -0.3 is 0 Å². The molecule has 0 N–H and O–H groups in total. The third kappa shape index (κ3) is 5.32. The van der Waals surface area contributed by atoms with E-state index in [9.17, 15) is 0 Å². The molecule has 168 valence electrons. The summed E-state index contributed by atoms with van der Waals surface area (Å²) in [7, 11) is 0. The van der Waals surface area contributed by atoms with Crippen LogP contribution in [0.4, 0.5) is 5.69 Å². The van der Waals surface area contributed by atoms with E-state index in [1.807, 2.05) is 42.5 Å². The first kappa shape index (κ1) is 23.4. The van der Waals surface area contributed by atoms with Gasteiger partial charge in [-0.15, -0.1) is 11.3 Å². The topological polar surface area (TPSA) is 25.2 Å². The molecular weight excluding hydrogens is 523 g/mol. The Morgan fingerprint density at radius 3 is 2.24 bits per heavy atom. The number of aliphatic imine (C=N–C) groups is 1. The summed E-state index contributed by atoms with van der Waals surface area (Å²) in [5.74, 6) is 0. The average Bonchev–Trinajstić information content (AvgIpc) is 3.25. The van der Waals surface area contributed by atoms with Gasteiger partial charge in [-0.3, -0.25) is 4.99 Å². The molecule has 0 spiro atoms. The second kappa shape index (κ2) is 10.5. The largest absolute Gasteiger partial charge is 0.256 e. The Labute approximate surface area is 221 Å². The van der Waals surface area contributed by atoms with Crippen molar-refractivity contribution in [2.24, 2.45) is 4.99 Å². The Hall–Kier alpha value is -2.34. The lowest BCUT2D eigenvalue weighted by Crippen LogP contribution is -1.96. The van der Waals surface area contributed by atoms with E-state index in [1.165, 1.54) is 11.1 Å². The van der Waals surface area contributed by atoms with E-state index >= 15 is 0 Å². The smallest absolute Gasteiger partial charge is 0.152 e. The molecule has 0 amide bonds. The number of aromatic nitrogens is 1. The molecule has 0 unspecified atom stereocenters. The lowest BCUT2D eigenvalue weighted by molar-refractivity contribution is 1.14. The van der Waals surface area contributed by atoms with Gasteiger partial charge in [-0.1, -0.05) is 95.1 Å². The molecular formula is C27H17Cl3N2S2. The molecule has 1 heterocycles. The molecule has 0 saturated carbocycles. The van der Waals surface area contributed by atoms with Crippen molar-refractivity contribution in [2.45, 2.75) is 9.59 Å². The monoisotopic (exact) mass is 538 g/mol. The van der Waals surface area contributed by atoms with Crippen molar-refractivity contribution in [1.82, 2.24) is 4.98 Å². The van der Waals surface area contributed by atoms with Crippen molar-refractivity contribution in [1.29, 1.82) is 0 Å². The fraction of sp³-hybridized carbons (Fsp3) is 0.0370. The molecule has 0 aliphatic heterocycles. The molecule has 1 atom stereocenters. The number of hydrogen-bond donors (Lipinski definition) is 0. The summed E-state index contributed by atoms with van der Waals surface area (Å²) >= 11 is 22.0. The lowest BCUT2D eigenvalue weighted by atomic mass is 10.0. The number of hydrogen-bond acceptors (Lipinski definition) is 4. The van der Waals surface area contributed by atoms with Gasteiger partial charge in [0.2, 0.25) is 0 Å². The van der Waals surface area contributed by atoms with Gasteiger partial charge in [0.15, 0.2) is 4.34 Å². The highest BCUT2D eigenvalue weighted by atomic mass is 35.5. The van der Waals surface area contributed by atoms with E-state index in [-0.39, 0.29) is 5.25 Å². The standard InChI is InChI=1S/C27H17Cl3N2S2/c28-19-11-9-18(10-12-19)26(17-5-2-1-3-6-17)34-27-32-24-14-13-20(15-25(24)33-27)31-16-21-22(29)7-4-8-23(21)30/h1-16,26H/t26-/m0/s1. The summed E-state index contributed by atoms with van der Waals surface area (Å²) in [6.45, 7) is 0. The van der Waals surface area contributed by atoms with Crippen LogP contribution in [0, 0.1) is 0 Å². The molecule has 0 aliphatic rings. The van der Waals surface area contributed by atoms with Crippen molar-refractivity contribution in [3.8, 4) is 0 Å². The Morgan fingerprint density at radius 2 is 1.50 bits per heavy atom. The fourth-order valence-corrected chi connectivity index (χ4v) is 6.53. The molecule has 1 aromatic heterocycles. The Balaban J connectivity index is 1.44. The predicted molar refractivity (Wildman–Crippen MR) is 149 cm³/mol. The van der Waals surface area contributed by atoms with Gasteiger partial charge in [0, 0.05) is 16.8 Å². The van der Waals surface area contributed by atoms with Gasteiger partial charge in [0.25, 0.3) is 0 Å². The molecule has 5 rings (SSSR count).